The van der Waals surface area contributed by atoms with Crippen molar-refractivity contribution >= 4 is 11.8 Å². The van der Waals surface area contributed by atoms with Gasteiger partial charge < -0.3 is 10.1 Å². The Balaban J connectivity index is 2.02. The van der Waals surface area contributed by atoms with Crippen molar-refractivity contribution in [2.45, 2.75) is 32.7 Å². The molecule has 1 aliphatic rings. The molecule has 1 aromatic rings. The number of carbonyl (C=O) groups is 1. The van der Waals surface area contributed by atoms with Crippen LogP contribution in [0.15, 0.2) is 6.07 Å². The lowest BCUT2D eigenvalue weighted by atomic mass is 10.2. The Morgan fingerprint density at radius 3 is 3.05 bits per heavy atom. The number of aryl methyl sites for hydroxylation is 1. The number of nitrogens with zero attached hydrogens (tertiary/aromatic N) is 3. The van der Waals surface area contributed by atoms with Crippen LogP contribution >= 0.6 is 0 Å². The first-order valence-corrected chi connectivity index (χ1v) is 7.06. The van der Waals surface area contributed by atoms with Crippen molar-refractivity contribution in [1.82, 2.24) is 14.9 Å². The molecule has 2 rings (SSSR count). The second-order valence-electron chi connectivity index (χ2n) is 5.02. The number of likely N-dealkylation sites (tertiary alicyclic amines) is 1. The summed E-state index contributed by atoms with van der Waals surface area (Å²) in [6.07, 6.45) is 2.45. The highest BCUT2D eigenvalue weighted by Gasteiger charge is 2.22. The number of ether oxygens (including phenoxy) is 1. The molecule has 1 saturated heterocycles. The molecular weight excluding hydrogens is 256 g/mol. The van der Waals surface area contributed by atoms with Crippen molar-refractivity contribution < 1.29 is 9.53 Å². The van der Waals surface area contributed by atoms with Gasteiger partial charge in [0, 0.05) is 24.3 Å². The summed E-state index contributed by atoms with van der Waals surface area (Å²) in [5, 5.41) is 3.31. The van der Waals surface area contributed by atoms with E-state index in [1.54, 1.807) is 0 Å². The third kappa shape index (κ3) is 3.45. The Labute approximate surface area is 119 Å². The maximum Gasteiger partial charge on any atom is 0.376 e. The molecule has 1 N–H and O–H groups in total. The molecule has 6 nitrogen and oxygen atoms in total. The fourth-order valence-electron chi connectivity index (χ4n) is 2.61. The molecule has 1 fully saturated rings. The molecule has 20 heavy (non-hydrogen) atoms. The van der Waals surface area contributed by atoms with E-state index >= 15 is 0 Å². The van der Waals surface area contributed by atoms with Gasteiger partial charge in [-0.05, 0) is 32.9 Å². The van der Waals surface area contributed by atoms with Gasteiger partial charge in [0.25, 0.3) is 0 Å². The minimum Gasteiger partial charge on any atom is -0.463 e. The van der Waals surface area contributed by atoms with Crippen LogP contribution in [0, 0.1) is 6.92 Å². The summed E-state index contributed by atoms with van der Waals surface area (Å²) in [4.78, 5) is 22.2. The first-order chi connectivity index (χ1) is 9.63. The van der Waals surface area contributed by atoms with E-state index in [-0.39, 0.29) is 5.82 Å². The fourth-order valence-corrected chi connectivity index (χ4v) is 2.61. The number of aromatic nitrogens is 2. The van der Waals surface area contributed by atoms with Gasteiger partial charge in [-0.1, -0.05) is 6.92 Å². The topological polar surface area (TPSA) is 67.4 Å². The SMILES string of the molecule is CCN1CCCC1CNc1cc(C)nc(C(=O)OC)n1. The van der Waals surface area contributed by atoms with Gasteiger partial charge in [-0.3, -0.25) is 4.90 Å². The normalized spacial score (nSPS) is 19.1. The minimum absolute atomic E-state index is 0.105. The van der Waals surface area contributed by atoms with E-state index in [2.05, 4.69) is 31.8 Å². The van der Waals surface area contributed by atoms with E-state index < -0.39 is 5.97 Å². The number of hydrogen-bond donors (Lipinski definition) is 1. The van der Waals surface area contributed by atoms with Crippen molar-refractivity contribution in [2.75, 3.05) is 32.1 Å². The summed E-state index contributed by atoms with van der Waals surface area (Å²) in [7, 11) is 1.33. The highest BCUT2D eigenvalue weighted by atomic mass is 16.5. The van der Waals surface area contributed by atoms with Gasteiger partial charge in [-0.25, -0.2) is 14.8 Å². The smallest absolute Gasteiger partial charge is 0.376 e. The van der Waals surface area contributed by atoms with Crippen LogP contribution in [0.3, 0.4) is 0 Å². The molecular formula is C14H22N4O2. The van der Waals surface area contributed by atoms with Crippen LogP contribution in [-0.4, -0.2) is 53.6 Å². The summed E-state index contributed by atoms with van der Waals surface area (Å²) in [5.41, 5.74) is 0.752. The van der Waals surface area contributed by atoms with Crippen LogP contribution < -0.4 is 5.32 Å². The van der Waals surface area contributed by atoms with E-state index in [0.717, 1.165) is 18.8 Å². The lowest BCUT2D eigenvalue weighted by molar-refractivity contribution is 0.0586. The lowest BCUT2D eigenvalue weighted by Crippen LogP contribution is -2.34. The van der Waals surface area contributed by atoms with Crippen LogP contribution in [0.5, 0.6) is 0 Å². The van der Waals surface area contributed by atoms with Crippen LogP contribution in [-0.2, 0) is 4.74 Å². The van der Waals surface area contributed by atoms with Gasteiger partial charge in [0.15, 0.2) is 0 Å². The highest BCUT2D eigenvalue weighted by molar-refractivity contribution is 5.85. The quantitative estimate of drug-likeness (QED) is 0.823. The van der Waals surface area contributed by atoms with E-state index in [0.29, 0.717) is 11.9 Å². The predicted octanol–water partition coefficient (Wildman–Crippen LogP) is 1.47. The van der Waals surface area contributed by atoms with Crippen molar-refractivity contribution in [3.05, 3.63) is 17.6 Å². The number of anilines is 1. The highest BCUT2D eigenvalue weighted by Crippen LogP contribution is 2.17. The number of rotatable bonds is 5. The molecule has 0 amide bonds. The molecule has 2 heterocycles. The van der Waals surface area contributed by atoms with Gasteiger partial charge in [0.1, 0.15) is 5.82 Å². The zero-order valence-corrected chi connectivity index (χ0v) is 12.3. The second-order valence-corrected chi connectivity index (χ2v) is 5.02. The molecule has 0 spiro atoms. The third-order valence-corrected chi connectivity index (χ3v) is 3.65. The van der Waals surface area contributed by atoms with Gasteiger partial charge in [-0.2, -0.15) is 0 Å². The molecule has 1 atom stereocenters. The Bertz CT molecular complexity index is 478. The fraction of sp³-hybridized carbons (Fsp3) is 0.643. The zero-order chi connectivity index (χ0) is 14.5. The molecule has 0 saturated carbocycles. The number of likely N-dealkylation sites (N-methyl/N-ethyl adjacent to an activating group) is 1. The zero-order valence-electron chi connectivity index (χ0n) is 12.3. The van der Waals surface area contributed by atoms with E-state index in [1.165, 1.54) is 26.5 Å². The van der Waals surface area contributed by atoms with Crippen LogP contribution in [0.2, 0.25) is 0 Å². The lowest BCUT2D eigenvalue weighted by Gasteiger charge is -2.23. The molecule has 1 aromatic heterocycles. The maximum atomic E-state index is 11.5. The maximum absolute atomic E-state index is 11.5. The number of carbonyl (C=O) groups excluding carboxylic acids is 1. The number of methoxy groups -OCH3 is 1. The minimum atomic E-state index is -0.507. The van der Waals surface area contributed by atoms with Crippen molar-refractivity contribution in [1.29, 1.82) is 0 Å². The first kappa shape index (κ1) is 14.7. The monoisotopic (exact) mass is 278 g/mol. The van der Waals surface area contributed by atoms with Gasteiger partial charge in [0.2, 0.25) is 5.82 Å². The molecule has 1 aliphatic heterocycles. The number of hydrogen-bond acceptors (Lipinski definition) is 6. The summed E-state index contributed by atoms with van der Waals surface area (Å²) in [6, 6.07) is 2.38. The first-order valence-electron chi connectivity index (χ1n) is 7.06. The summed E-state index contributed by atoms with van der Waals surface area (Å²) in [6.45, 7) is 7.10. The third-order valence-electron chi connectivity index (χ3n) is 3.65. The molecule has 0 radical (unpaired) electrons. The molecule has 1 unspecified atom stereocenters. The average molecular weight is 278 g/mol. The number of esters is 1. The Kier molecular flexibility index (Phi) is 4.89. The Morgan fingerprint density at radius 2 is 2.35 bits per heavy atom. The Hall–Kier alpha value is -1.69. The predicted molar refractivity (Wildman–Crippen MR) is 76.9 cm³/mol. The van der Waals surface area contributed by atoms with E-state index in [4.69, 9.17) is 0 Å². The second kappa shape index (κ2) is 6.65. The van der Waals surface area contributed by atoms with Crippen LogP contribution in [0.4, 0.5) is 5.82 Å². The van der Waals surface area contributed by atoms with Gasteiger partial charge in [0.05, 0.1) is 7.11 Å². The molecule has 0 aromatic carbocycles. The molecule has 6 heteroatoms. The standard InChI is InChI=1S/C14H22N4O2/c1-4-18-7-5-6-11(18)9-15-12-8-10(2)16-13(17-12)14(19)20-3/h8,11H,4-7,9H2,1-3H3,(H,15,16,17). The summed E-state index contributed by atoms with van der Waals surface area (Å²) < 4.78 is 4.66. The largest absolute Gasteiger partial charge is 0.463 e. The van der Waals surface area contributed by atoms with Crippen molar-refractivity contribution in [3.63, 3.8) is 0 Å². The average Bonchev–Trinajstić information content (AvgIpc) is 2.91. The van der Waals surface area contributed by atoms with Crippen molar-refractivity contribution in [2.24, 2.45) is 0 Å². The van der Waals surface area contributed by atoms with Crippen LogP contribution in [0.25, 0.3) is 0 Å². The van der Waals surface area contributed by atoms with Crippen molar-refractivity contribution in [3.8, 4) is 0 Å². The summed E-state index contributed by atoms with van der Waals surface area (Å²) >= 11 is 0. The van der Waals surface area contributed by atoms with Gasteiger partial charge >= 0.3 is 5.97 Å². The van der Waals surface area contributed by atoms with E-state index in [9.17, 15) is 4.79 Å². The molecule has 0 bridgehead atoms. The molecule has 0 aliphatic carbocycles. The van der Waals surface area contributed by atoms with Gasteiger partial charge in [-0.15, -0.1) is 0 Å². The molecule has 110 valence electrons. The van der Waals surface area contributed by atoms with Crippen LogP contribution in [0.1, 0.15) is 36.1 Å². The Morgan fingerprint density at radius 1 is 1.55 bits per heavy atom. The van der Waals surface area contributed by atoms with E-state index in [1.807, 2.05) is 13.0 Å². The summed E-state index contributed by atoms with van der Waals surface area (Å²) in [5.74, 6) is 0.280. The number of nitrogens with one attached hydrogen (secondary N) is 1.